The summed E-state index contributed by atoms with van der Waals surface area (Å²) < 4.78 is 0. The normalized spacial score (nSPS) is 10.3. The highest BCUT2D eigenvalue weighted by atomic mass is 16.2. The number of nitrogens with one attached hydrogen (secondary N) is 1. The largest absolute Gasteiger partial charge is 0.332 e. The molecule has 1 aromatic heterocycles. The molecule has 0 aliphatic carbocycles. The first kappa shape index (κ1) is 12.3. The van der Waals surface area contributed by atoms with Gasteiger partial charge in [0, 0.05) is 19.6 Å². The third kappa shape index (κ3) is 2.92. The molecule has 3 N–H and O–H groups in total. The number of aromatic nitrogens is 3. The van der Waals surface area contributed by atoms with Crippen molar-refractivity contribution in [1.82, 2.24) is 20.3 Å². The molecule has 6 heteroatoms. The summed E-state index contributed by atoms with van der Waals surface area (Å²) in [6.45, 7) is 1.42. The molecule has 0 atom stereocenters. The second-order valence-electron chi connectivity index (χ2n) is 3.86. The van der Waals surface area contributed by atoms with Crippen LogP contribution in [0.15, 0.2) is 36.5 Å². The van der Waals surface area contributed by atoms with Gasteiger partial charge >= 0.3 is 0 Å². The van der Waals surface area contributed by atoms with Crippen LogP contribution in [-0.4, -0.2) is 39.3 Å². The summed E-state index contributed by atoms with van der Waals surface area (Å²) in [5.41, 5.74) is 6.90. The van der Waals surface area contributed by atoms with E-state index in [1.807, 2.05) is 30.3 Å². The van der Waals surface area contributed by atoms with Crippen LogP contribution < -0.4 is 5.73 Å². The van der Waals surface area contributed by atoms with E-state index in [2.05, 4.69) is 15.4 Å². The fraction of sp³-hybridized carbons (Fsp3) is 0.250. The van der Waals surface area contributed by atoms with Gasteiger partial charge in [-0.3, -0.25) is 4.79 Å². The van der Waals surface area contributed by atoms with Gasteiger partial charge in [-0.15, -0.1) is 0 Å². The second kappa shape index (κ2) is 5.92. The van der Waals surface area contributed by atoms with Crippen molar-refractivity contribution in [3.63, 3.8) is 0 Å². The minimum Gasteiger partial charge on any atom is -0.332 e. The highest BCUT2D eigenvalue weighted by Crippen LogP contribution is 2.07. The topological polar surface area (TPSA) is 87.9 Å². The number of nitrogens with zero attached hydrogens (tertiary/aromatic N) is 3. The Kier molecular flexibility index (Phi) is 4.03. The molecule has 0 radical (unpaired) electrons. The first-order valence-electron chi connectivity index (χ1n) is 5.70. The number of carbonyl (C=O) groups excluding carboxylic acids is 1. The smallest absolute Gasteiger partial charge is 0.276 e. The molecule has 0 bridgehead atoms. The van der Waals surface area contributed by atoms with Crippen LogP contribution in [0.3, 0.4) is 0 Å². The van der Waals surface area contributed by atoms with Gasteiger partial charge in [0.15, 0.2) is 5.69 Å². The van der Waals surface area contributed by atoms with E-state index in [0.29, 0.717) is 25.3 Å². The van der Waals surface area contributed by atoms with E-state index in [9.17, 15) is 4.79 Å². The molecule has 0 unspecified atom stereocenters. The lowest BCUT2D eigenvalue weighted by Crippen LogP contribution is -2.35. The number of nitrogens with two attached hydrogens (primary N) is 1. The van der Waals surface area contributed by atoms with Gasteiger partial charge in [-0.05, 0) is 5.56 Å². The Balaban J connectivity index is 2.11. The van der Waals surface area contributed by atoms with Gasteiger partial charge in [0.2, 0.25) is 0 Å². The Labute approximate surface area is 105 Å². The SMILES string of the molecule is NCCN(Cc1ccccc1)C(=O)c1cn[nH]n1. The maximum absolute atomic E-state index is 12.1. The maximum Gasteiger partial charge on any atom is 0.276 e. The minimum atomic E-state index is -0.168. The Hall–Kier alpha value is -2.21. The standard InChI is InChI=1S/C12H15N5O/c13-6-7-17(9-10-4-2-1-3-5-10)12(18)11-8-14-16-15-11/h1-5,8H,6-7,9,13H2,(H,14,15,16). The fourth-order valence-corrected chi connectivity index (χ4v) is 1.68. The van der Waals surface area contributed by atoms with E-state index in [1.165, 1.54) is 6.20 Å². The first-order valence-corrected chi connectivity index (χ1v) is 5.70. The molecule has 6 nitrogen and oxygen atoms in total. The molecule has 1 heterocycles. The molecular weight excluding hydrogens is 230 g/mol. The molecule has 0 saturated carbocycles. The van der Waals surface area contributed by atoms with Crippen molar-refractivity contribution >= 4 is 5.91 Å². The summed E-state index contributed by atoms with van der Waals surface area (Å²) in [5.74, 6) is -0.168. The van der Waals surface area contributed by atoms with Crippen LogP contribution in [0.4, 0.5) is 0 Å². The van der Waals surface area contributed by atoms with Crippen molar-refractivity contribution < 1.29 is 4.79 Å². The van der Waals surface area contributed by atoms with Crippen molar-refractivity contribution in [3.8, 4) is 0 Å². The summed E-state index contributed by atoms with van der Waals surface area (Å²) in [4.78, 5) is 13.8. The zero-order chi connectivity index (χ0) is 12.8. The maximum atomic E-state index is 12.1. The predicted octanol–water partition coefficient (Wildman–Crippen LogP) is 0.406. The molecular formula is C12H15N5O. The van der Waals surface area contributed by atoms with E-state index >= 15 is 0 Å². The molecule has 2 rings (SSSR count). The van der Waals surface area contributed by atoms with Gasteiger partial charge < -0.3 is 10.6 Å². The Bertz CT molecular complexity index is 482. The van der Waals surface area contributed by atoms with Crippen LogP contribution in [0.25, 0.3) is 0 Å². The number of hydrogen-bond donors (Lipinski definition) is 2. The van der Waals surface area contributed by atoms with Gasteiger partial charge in [-0.25, -0.2) is 0 Å². The predicted molar refractivity (Wildman–Crippen MR) is 66.6 cm³/mol. The number of benzene rings is 1. The van der Waals surface area contributed by atoms with Crippen molar-refractivity contribution in [1.29, 1.82) is 0 Å². The van der Waals surface area contributed by atoms with E-state index in [0.717, 1.165) is 5.56 Å². The Morgan fingerprint density at radius 1 is 1.33 bits per heavy atom. The molecule has 0 saturated heterocycles. The van der Waals surface area contributed by atoms with Crippen LogP contribution in [0.5, 0.6) is 0 Å². The third-order valence-electron chi connectivity index (χ3n) is 2.54. The summed E-state index contributed by atoms with van der Waals surface area (Å²) in [6.07, 6.45) is 1.41. The first-order chi connectivity index (χ1) is 8.81. The summed E-state index contributed by atoms with van der Waals surface area (Å²) >= 11 is 0. The van der Waals surface area contributed by atoms with Crippen molar-refractivity contribution in [2.24, 2.45) is 5.73 Å². The molecule has 0 aliphatic rings. The van der Waals surface area contributed by atoms with Crippen LogP contribution in [0.2, 0.25) is 0 Å². The molecule has 2 aromatic rings. The third-order valence-corrected chi connectivity index (χ3v) is 2.54. The van der Waals surface area contributed by atoms with Crippen LogP contribution in [0, 0.1) is 0 Å². The molecule has 0 fully saturated rings. The second-order valence-corrected chi connectivity index (χ2v) is 3.86. The van der Waals surface area contributed by atoms with Gasteiger partial charge in [0.1, 0.15) is 0 Å². The lowest BCUT2D eigenvalue weighted by molar-refractivity contribution is 0.0742. The highest BCUT2D eigenvalue weighted by molar-refractivity contribution is 5.91. The average molecular weight is 245 g/mol. The van der Waals surface area contributed by atoms with E-state index in [4.69, 9.17) is 5.73 Å². The summed E-state index contributed by atoms with van der Waals surface area (Å²) in [5, 5.41) is 9.86. The number of aromatic amines is 1. The Morgan fingerprint density at radius 3 is 2.72 bits per heavy atom. The summed E-state index contributed by atoms with van der Waals surface area (Å²) in [7, 11) is 0. The summed E-state index contributed by atoms with van der Waals surface area (Å²) in [6, 6.07) is 9.77. The van der Waals surface area contributed by atoms with E-state index in [1.54, 1.807) is 4.90 Å². The molecule has 1 aromatic carbocycles. The van der Waals surface area contributed by atoms with Gasteiger partial charge in [0.25, 0.3) is 5.91 Å². The molecule has 0 aliphatic heterocycles. The van der Waals surface area contributed by atoms with Gasteiger partial charge in [-0.1, -0.05) is 30.3 Å². The van der Waals surface area contributed by atoms with Crippen LogP contribution in [0.1, 0.15) is 16.1 Å². The highest BCUT2D eigenvalue weighted by Gasteiger charge is 2.17. The minimum absolute atomic E-state index is 0.168. The van der Waals surface area contributed by atoms with Crippen molar-refractivity contribution in [2.45, 2.75) is 6.54 Å². The fourth-order valence-electron chi connectivity index (χ4n) is 1.68. The number of rotatable bonds is 5. The van der Waals surface area contributed by atoms with E-state index in [-0.39, 0.29) is 5.91 Å². The van der Waals surface area contributed by atoms with Gasteiger partial charge in [0.05, 0.1) is 6.20 Å². The van der Waals surface area contributed by atoms with Crippen LogP contribution >= 0.6 is 0 Å². The number of H-pyrrole nitrogens is 1. The van der Waals surface area contributed by atoms with Crippen molar-refractivity contribution in [2.75, 3.05) is 13.1 Å². The number of hydrogen-bond acceptors (Lipinski definition) is 4. The molecule has 0 spiro atoms. The quantitative estimate of drug-likeness (QED) is 0.798. The number of amides is 1. The van der Waals surface area contributed by atoms with Crippen LogP contribution in [-0.2, 0) is 6.54 Å². The monoisotopic (exact) mass is 245 g/mol. The van der Waals surface area contributed by atoms with E-state index < -0.39 is 0 Å². The number of carbonyl (C=O) groups is 1. The lowest BCUT2D eigenvalue weighted by atomic mass is 10.2. The average Bonchev–Trinajstić information content (AvgIpc) is 2.92. The molecule has 94 valence electrons. The van der Waals surface area contributed by atoms with Gasteiger partial charge in [-0.2, -0.15) is 15.4 Å². The zero-order valence-electron chi connectivity index (χ0n) is 9.91. The lowest BCUT2D eigenvalue weighted by Gasteiger charge is -2.20. The zero-order valence-corrected chi connectivity index (χ0v) is 9.91. The molecule has 1 amide bonds. The molecule has 18 heavy (non-hydrogen) atoms. The van der Waals surface area contributed by atoms with Crippen molar-refractivity contribution in [3.05, 3.63) is 47.8 Å². The Morgan fingerprint density at radius 2 is 2.11 bits per heavy atom.